The van der Waals surface area contributed by atoms with Crippen LogP contribution < -0.4 is 0 Å². The first kappa shape index (κ1) is 22.0. The largest absolute Gasteiger partial charge is 0.481 e. The van der Waals surface area contributed by atoms with Crippen molar-refractivity contribution in [2.45, 2.75) is 32.8 Å². The van der Waals surface area contributed by atoms with Gasteiger partial charge in [-0.15, -0.1) is 0 Å². The minimum atomic E-state index is -0.938. The van der Waals surface area contributed by atoms with Gasteiger partial charge in [-0.2, -0.15) is 0 Å². The van der Waals surface area contributed by atoms with Gasteiger partial charge in [0.1, 0.15) is 5.60 Å². The van der Waals surface area contributed by atoms with Crippen LogP contribution >= 0.6 is 0 Å². The van der Waals surface area contributed by atoms with Crippen molar-refractivity contribution < 1.29 is 28.9 Å². The molecule has 10 nitrogen and oxygen atoms in total. The lowest BCUT2D eigenvalue weighted by molar-refractivity contribution is -0.138. The van der Waals surface area contributed by atoms with E-state index >= 15 is 0 Å². The van der Waals surface area contributed by atoms with Gasteiger partial charge in [0, 0.05) is 24.5 Å². The summed E-state index contributed by atoms with van der Waals surface area (Å²) >= 11 is 0. The summed E-state index contributed by atoms with van der Waals surface area (Å²) in [5.41, 5.74) is 7.53. The van der Waals surface area contributed by atoms with Gasteiger partial charge < -0.3 is 24.2 Å². The van der Waals surface area contributed by atoms with Crippen LogP contribution in [0.2, 0.25) is 0 Å². The molecule has 0 rings (SSSR count). The first-order valence-electron chi connectivity index (χ1n) is 7.62. The van der Waals surface area contributed by atoms with E-state index in [1.807, 2.05) is 0 Å². The second kappa shape index (κ2) is 12.4. The van der Waals surface area contributed by atoms with E-state index in [1.54, 1.807) is 20.8 Å². The average molecular weight is 346 g/mol. The predicted octanol–water partition coefficient (Wildman–Crippen LogP) is 2.04. The van der Waals surface area contributed by atoms with Crippen LogP contribution in [0.5, 0.6) is 0 Å². The highest BCUT2D eigenvalue weighted by Gasteiger charge is 2.21. The number of ether oxygens (including phenoxy) is 3. The summed E-state index contributed by atoms with van der Waals surface area (Å²) in [4.78, 5) is 26.6. The van der Waals surface area contributed by atoms with E-state index in [4.69, 9.17) is 24.8 Å². The van der Waals surface area contributed by atoms with Gasteiger partial charge in [-0.25, -0.2) is 4.79 Å². The van der Waals surface area contributed by atoms with Crippen molar-refractivity contribution in [1.82, 2.24) is 4.90 Å². The first-order chi connectivity index (χ1) is 11.3. The number of aliphatic carboxylic acids is 1. The Bertz CT molecular complexity index is 419. The molecule has 0 bridgehead atoms. The number of azide groups is 1. The van der Waals surface area contributed by atoms with Gasteiger partial charge >= 0.3 is 12.1 Å². The maximum absolute atomic E-state index is 12.1. The summed E-state index contributed by atoms with van der Waals surface area (Å²) in [6.45, 7) is 6.87. The van der Waals surface area contributed by atoms with Crippen LogP contribution in [0.3, 0.4) is 0 Å². The van der Waals surface area contributed by atoms with Crippen LogP contribution in [0.15, 0.2) is 5.11 Å². The van der Waals surface area contributed by atoms with Gasteiger partial charge in [0.05, 0.1) is 32.8 Å². The monoisotopic (exact) mass is 346 g/mol. The quantitative estimate of drug-likeness (QED) is 0.249. The van der Waals surface area contributed by atoms with Gasteiger partial charge in [0.2, 0.25) is 0 Å². The van der Waals surface area contributed by atoms with Crippen LogP contribution in [0.1, 0.15) is 27.2 Å². The summed E-state index contributed by atoms with van der Waals surface area (Å²) in [7, 11) is 0. The third kappa shape index (κ3) is 13.6. The number of hydrogen-bond donors (Lipinski definition) is 1. The fourth-order valence-electron chi connectivity index (χ4n) is 1.48. The molecule has 0 saturated heterocycles. The molecular weight excluding hydrogens is 320 g/mol. The van der Waals surface area contributed by atoms with Gasteiger partial charge in [-0.1, -0.05) is 5.11 Å². The molecule has 0 aromatic rings. The number of carboxylic acids is 1. The van der Waals surface area contributed by atoms with Crippen molar-refractivity contribution in [3.63, 3.8) is 0 Å². The second-order valence-corrected chi connectivity index (χ2v) is 5.79. The summed E-state index contributed by atoms with van der Waals surface area (Å²) < 4.78 is 15.8. The number of amides is 1. The van der Waals surface area contributed by atoms with Crippen LogP contribution in [-0.2, 0) is 19.0 Å². The molecule has 0 heterocycles. The summed E-state index contributed by atoms with van der Waals surface area (Å²) in [5, 5.41) is 11.9. The van der Waals surface area contributed by atoms with Crippen LogP contribution in [0.4, 0.5) is 4.79 Å². The fourth-order valence-corrected chi connectivity index (χ4v) is 1.48. The molecule has 0 atom stereocenters. The standard InChI is InChI=1S/C14H26N4O6/c1-14(2,3)24-13(21)18(6-10-22-8-4-12(19)20)7-11-23-9-5-16-17-15/h4-11H2,1-3H3,(H,19,20). The Balaban J connectivity index is 4.25. The highest BCUT2D eigenvalue weighted by atomic mass is 16.6. The molecule has 1 N–H and O–H groups in total. The minimum absolute atomic E-state index is 0.0835. The normalized spacial score (nSPS) is 10.8. The lowest BCUT2D eigenvalue weighted by atomic mass is 10.2. The zero-order chi connectivity index (χ0) is 18.4. The zero-order valence-electron chi connectivity index (χ0n) is 14.4. The lowest BCUT2D eigenvalue weighted by Gasteiger charge is -2.27. The average Bonchev–Trinajstić information content (AvgIpc) is 2.46. The molecule has 0 saturated carbocycles. The van der Waals surface area contributed by atoms with E-state index in [0.717, 1.165) is 0 Å². The maximum atomic E-state index is 12.1. The van der Waals surface area contributed by atoms with Crippen LogP contribution in [0.25, 0.3) is 10.4 Å². The Morgan fingerprint density at radius 3 is 2.21 bits per heavy atom. The van der Waals surface area contributed by atoms with Crippen molar-refractivity contribution in [2.24, 2.45) is 5.11 Å². The van der Waals surface area contributed by atoms with Crippen molar-refractivity contribution >= 4 is 12.1 Å². The SMILES string of the molecule is CC(C)(C)OC(=O)N(CCOCCN=[N+]=[N-])CCOCCC(=O)O. The third-order valence-electron chi connectivity index (χ3n) is 2.52. The van der Waals surface area contributed by atoms with Gasteiger partial charge in [-0.05, 0) is 26.3 Å². The molecule has 0 aliphatic heterocycles. The Morgan fingerprint density at radius 1 is 1.12 bits per heavy atom. The van der Waals surface area contributed by atoms with Gasteiger partial charge in [0.15, 0.2) is 0 Å². The molecule has 0 aromatic carbocycles. The van der Waals surface area contributed by atoms with Crippen LogP contribution in [-0.4, -0.2) is 73.7 Å². The van der Waals surface area contributed by atoms with Gasteiger partial charge in [-0.3, -0.25) is 4.79 Å². The Labute approximate surface area is 141 Å². The molecule has 24 heavy (non-hydrogen) atoms. The highest BCUT2D eigenvalue weighted by Crippen LogP contribution is 2.09. The van der Waals surface area contributed by atoms with Crippen LogP contribution in [0, 0.1) is 0 Å². The summed E-state index contributed by atoms with van der Waals surface area (Å²) in [6.07, 6.45) is -0.586. The van der Waals surface area contributed by atoms with E-state index in [9.17, 15) is 9.59 Å². The first-order valence-corrected chi connectivity index (χ1v) is 7.62. The van der Waals surface area contributed by atoms with Crippen molar-refractivity contribution in [1.29, 1.82) is 0 Å². The second-order valence-electron chi connectivity index (χ2n) is 5.79. The Morgan fingerprint density at radius 2 is 1.71 bits per heavy atom. The number of carboxylic acid groups (broad SMARTS) is 1. The number of hydrogen-bond acceptors (Lipinski definition) is 6. The molecular formula is C14H26N4O6. The maximum Gasteiger partial charge on any atom is 0.410 e. The molecule has 0 fully saturated rings. The zero-order valence-corrected chi connectivity index (χ0v) is 14.4. The molecule has 10 heteroatoms. The van der Waals surface area contributed by atoms with Crippen molar-refractivity contribution in [3.05, 3.63) is 10.4 Å². The fraction of sp³-hybridized carbons (Fsp3) is 0.857. The minimum Gasteiger partial charge on any atom is -0.481 e. The lowest BCUT2D eigenvalue weighted by Crippen LogP contribution is -2.40. The van der Waals surface area contributed by atoms with E-state index in [0.29, 0.717) is 0 Å². The Kier molecular flexibility index (Phi) is 11.4. The molecule has 0 radical (unpaired) electrons. The highest BCUT2D eigenvalue weighted by molar-refractivity contribution is 5.68. The number of nitrogens with zero attached hydrogens (tertiary/aromatic N) is 4. The summed E-state index contributed by atoms with van der Waals surface area (Å²) in [6, 6.07) is 0. The molecule has 0 aromatic heterocycles. The number of carbonyl (C=O) groups excluding carboxylic acids is 1. The van der Waals surface area contributed by atoms with E-state index in [2.05, 4.69) is 10.0 Å². The summed E-state index contributed by atoms with van der Waals surface area (Å²) in [5.74, 6) is -0.938. The number of carbonyl (C=O) groups is 2. The molecule has 1 amide bonds. The molecule has 0 aliphatic rings. The van der Waals surface area contributed by atoms with E-state index in [-0.39, 0.29) is 52.5 Å². The Hall–Kier alpha value is -2.03. The topological polar surface area (TPSA) is 134 Å². The molecule has 0 spiro atoms. The van der Waals surface area contributed by atoms with E-state index < -0.39 is 17.7 Å². The molecule has 0 aliphatic carbocycles. The number of rotatable bonds is 12. The van der Waals surface area contributed by atoms with Gasteiger partial charge in [0.25, 0.3) is 0 Å². The smallest absolute Gasteiger partial charge is 0.410 e. The predicted molar refractivity (Wildman–Crippen MR) is 85.7 cm³/mol. The van der Waals surface area contributed by atoms with E-state index in [1.165, 1.54) is 4.90 Å². The molecule has 0 unspecified atom stereocenters. The molecule has 138 valence electrons. The van der Waals surface area contributed by atoms with Crippen molar-refractivity contribution in [3.8, 4) is 0 Å². The third-order valence-corrected chi connectivity index (χ3v) is 2.52. The van der Waals surface area contributed by atoms with Crippen molar-refractivity contribution in [2.75, 3.05) is 46.1 Å².